The van der Waals surface area contributed by atoms with E-state index in [2.05, 4.69) is 12.2 Å². The number of benzene rings is 1. The number of hydrogen-bond donors (Lipinski definition) is 2. The van der Waals surface area contributed by atoms with E-state index in [9.17, 15) is 9.59 Å². The normalized spacial score (nSPS) is 24.3. The molecule has 1 saturated heterocycles. The molecular weight excluding hydrogens is 350 g/mol. The van der Waals surface area contributed by atoms with Crippen LogP contribution >= 0.6 is 11.6 Å². The Morgan fingerprint density at radius 1 is 1.19 bits per heavy atom. The quantitative estimate of drug-likeness (QED) is 0.831. The lowest BCUT2D eigenvalue weighted by Gasteiger charge is -2.33. The van der Waals surface area contributed by atoms with Gasteiger partial charge in [-0.15, -0.1) is 0 Å². The molecule has 1 saturated carbocycles. The van der Waals surface area contributed by atoms with E-state index in [1.54, 1.807) is 12.1 Å². The fourth-order valence-electron chi connectivity index (χ4n) is 4.02. The second-order valence-corrected chi connectivity index (χ2v) is 8.04. The van der Waals surface area contributed by atoms with Gasteiger partial charge in [0.15, 0.2) is 6.54 Å². The minimum Gasteiger partial charge on any atom is -0.348 e. The Morgan fingerprint density at radius 2 is 1.88 bits per heavy atom. The lowest BCUT2D eigenvalue weighted by molar-refractivity contribution is -0.896. The number of quaternary nitrogens is 1. The molecule has 0 bridgehead atoms. The first-order valence-corrected chi connectivity index (χ1v) is 10.1. The summed E-state index contributed by atoms with van der Waals surface area (Å²) in [7, 11) is 0. The van der Waals surface area contributed by atoms with Crippen LogP contribution in [0.3, 0.4) is 0 Å². The molecule has 1 aromatic carbocycles. The van der Waals surface area contributed by atoms with Crippen molar-refractivity contribution in [2.75, 3.05) is 32.7 Å². The van der Waals surface area contributed by atoms with Crippen LogP contribution in [0, 0.1) is 5.92 Å². The summed E-state index contributed by atoms with van der Waals surface area (Å²) in [5, 5.41) is 3.72. The van der Waals surface area contributed by atoms with Crippen molar-refractivity contribution in [3.8, 4) is 0 Å². The monoisotopic (exact) mass is 378 g/mol. The largest absolute Gasteiger partial charge is 0.348 e. The van der Waals surface area contributed by atoms with Crippen molar-refractivity contribution in [2.45, 2.75) is 38.6 Å². The molecule has 5 nitrogen and oxygen atoms in total. The maximum atomic E-state index is 12.6. The Morgan fingerprint density at radius 3 is 2.58 bits per heavy atom. The summed E-state index contributed by atoms with van der Waals surface area (Å²) in [5.74, 6) is 0.701. The number of hydrogen-bond acceptors (Lipinski definition) is 2. The predicted octanol–water partition coefficient (Wildman–Crippen LogP) is 1.38. The van der Waals surface area contributed by atoms with Crippen LogP contribution < -0.4 is 10.2 Å². The maximum Gasteiger partial charge on any atom is 0.275 e. The molecule has 26 heavy (non-hydrogen) atoms. The van der Waals surface area contributed by atoms with Gasteiger partial charge in [0.25, 0.3) is 11.8 Å². The van der Waals surface area contributed by atoms with Gasteiger partial charge in [-0.2, -0.15) is 0 Å². The Kier molecular flexibility index (Phi) is 6.54. The molecule has 2 amide bonds. The molecule has 2 fully saturated rings. The van der Waals surface area contributed by atoms with E-state index >= 15 is 0 Å². The SMILES string of the molecule is C[C@H]1CCCC[C@H]1NC(=O)C[NH+]1CCN(C(=O)c2ccccc2Cl)CC1. The van der Waals surface area contributed by atoms with Crippen molar-refractivity contribution in [3.05, 3.63) is 34.9 Å². The Balaban J connectivity index is 1.45. The van der Waals surface area contributed by atoms with Gasteiger partial charge in [-0.25, -0.2) is 0 Å². The fraction of sp³-hybridized carbons (Fsp3) is 0.600. The molecule has 2 N–H and O–H groups in total. The van der Waals surface area contributed by atoms with Gasteiger partial charge in [0.2, 0.25) is 0 Å². The molecule has 6 heteroatoms. The van der Waals surface area contributed by atoms with E-state index in [0.29, 0.717) is 42.2 Å². The molecule has 142 valence electrons. The number of halogens is 1. The van der Waals surface area contributed by atoms with Gasteiger partial charge in [-0.1, -0.05) is 43.5 Å². The van der Waals surface area contributed by atoms with Crippen LogP contribution in [0.1, 0.15) is 43.0 Å². The second kappa shape index (κ2) is 8.87. The average molecular weight is 379 g/mol. The van der Waals surface area contributed by atoms with Gasteiger partial charge >= 0.3 is 0 Å². The van der Waals surface area contributed by atoms with E-state index in [4.69, 9.17) is 11.6 Å². The van der Waals surface area contributed by atoms with Crippen molar-refractivity contribution < 1.29 is 14.5 Å². The first kappa shape index (κ1) is 19.2. The lowest BCUT2D eigenvalue weighted by Crippen LogP contribution is -3.16. The number of carbonyl (C=O) groups excluding carboxylic acids is 2. The van der Waals surface area contributed by atoms with Crippen molar-refractivity contribution in [1.29, 1.82) is 0 Å². The van der Waals surface area contributed by atoms with E-state index in [-0.39, 0.29) is 11.8 Å². The molecule has 1 aromatic rings. The molecule has 2 atom stereocenters. The van der Waals surface area contributed by atoms with Gasteiger partial charge in [0.1, 0.15) is 0 Å². The molecular formula is C20H29ClN3O2+. The molecule has 0 radical (unpaired) electrons. The molecule has 1 aliphatic heterocycles. The number of nitrogens with one attached hydrogen (secondary N) is 2. The molecule has 1 heterocycles. The van der Waals surface area contributed by atoms with Crippen LogP contribution in [0.5, 0.6) is 0 Å². The highest BCUT2D eigenvalue weighted by Crippen LogP contribution is 2.23. The molecule has 0 spiro atoms. The average Bonchev–Trinajstić information content (AvgIpc) is 2.64. The van der Waals surface area contributed by atoms with Crippen molar-refractivity contribution in [3.63, 3.8) is 0 Å². The minimum atomic E-state index is -0.0184. The number of rotatable bonds is 4. The van der Waals surface area contributed by atoms with Gasteiger partial charge in [0, 0.05) is 6.04 Å². The molecule has 3 rings (SSSR count). The Labute approximate surface area is 160 Å². The number of nitrogens with zero attached hydrogens (tertiary/aromatic N) is 1. The van der Waals surface area contributed by atoms with Crippen LogP contribution in [0.25, 0.3) is 0 Å². The summed E-state index contributed by atoms with van der Waals surface area (Å²) in [6.07, 6.45) is 4.80. The molecule has 0 aromatic heterocycles. The highest BCUT2D eigenvalue weighted by Gasteiger charge is 2.28. The summed E-state index contributed by atoms with van der Waals surface area (Å²) < 4.78 is 0. The first-order valence-electron chi connectivity index (χ1n) is 9.71. The van der Waals surface area contributed by atoms with E-state index < -0.39 is 0 Å². The number of carbonyl (C=O) groups is 2. The smallest absolute Gasteiger partial charge is 0.275 e. The molecule has 2 aliphatic rings. The Bertz CT molecular complexity index is 644. The second-order valence-electron chi connectivity index (χ2n) is 7.63. The topological polar surface area (TPSA) is 53.9 Å². The summed E-state index contributed by atoms with van der Waals surface area (Å²) in [5.41, 5.74) is 0.557. The highest BCUT2D eigenvalue weighted by molar-refractivity contribution is 6.33. The van der Waals surface area contributed by atoms with E-state index in [1.807, 2.05) is 17.0 Å². The van der Waals surface area contributed by atoms with Crippen molar-refractivity contribution in [1.82, 2.24) is 10.2 Å². The van der Waals surface area contributed by atoms with Crippen molar-refractivity contribution in [2.24, 2.45) is 5.92 Å². The summed E-state index contributed by atoms with van der Waals surface area (Å²) in [6.45, 7) is 5.64. The third-order valence-corrected chi connectivity index (χ3v) is 6.06. The minimum absolute atomic E-state index is 0.0184. The first-order chi connectivity index (χ1) is 12.5. The van der Waals surface area contributed by atoms with Gasteiger partial charge < -0.3 is 15.1 Å². The zero-order valence-electron chi connectivity index (χ0n) is 15.5. The van der Waals surface area contributed by atoms with Gasteiger partial charge in [-0.05, 0) is 30.9 Å². The maximum absolute atomic E-state index is 12.6. The van der Waals surface area contributed by atoms with Gasteiger partial charge in [0.05, 0.1) is 36.8 Å². The molecule has 0 unspecified atom stereocenters. The van der Waals surface area contributed by atoms with Crippen LogP contribution in [-0.2, 0) is 4.79 Å². The summed E-state index contributed by atoms with van der Waals surface area (Å²) in [4.78, 5) is 28.1. The predicted molar refractivity (Wildman–Crippen MR) is 102 cm³/mol. The standard InChI is InChI=1S/C20H28ClN3O2/c1-15-6-2-5-9-18(15)22-19(25)14-23-10-12-24(13-11-23)20(26)16-7-3-4-8-17(16)21/h3-4,7-8,15,18H,2,5-6,9-14H2,1H3,(H,22,25)/p+1/t15-,18+/m0/s1. The summed E-state index contributed by atoms with van der Waals surface area (Å²) >= 11 is 6.13. The Hall–Kier alpha value is -1.59. The molecule has 1 aliphatic carbocycles. The van der Waals surface area contributed by atoms with Gasteiger partial charge in [-0.3, -0.25) is 9.59 Å². The highest BCUT2D eigenvalue weighted by atomic mass is 35.5. The van der Waals surface area contributed by atoms with Crippen molar-refractivity contribution >= 4 is 23.4 Å². The van der Waals surface area contributed by atoms with Crippen LogP contribution in [0.2, 0.25) is 5.02 Å². The van der Waals surface area contributed by atoms with Crippen LogP contribution in [0.4, 0.5) is 0 Å². The number of amides is 2. The third kappa shape index (κ3) is 4.77. The zero-order chi connectivity index (χ0) is 18.5. The van der Waals surface area contributed by atoms with E-state index in [0.717, 1.165) is 19.5 Å². The lowest BCUT2D eigenvalue weighted by atomic mass is 9.86. The third-order valence-electron chi connectivity index (χ3n) is 5.73. The van der Waals surface area contributed by atoms with Crippen LogP contribution in [0.15, 0.2) is 24.3 Å². The zero-order valence-corrected chi connectivity index (χ0v) is 16.2. The van der Waals surface area contributed by atoms with Crippen LogP contribution in [-0.4, -0.2) is 55.5 Å². The van der Waals surface area contributed by atoms with E-state index in [1.165, 1.54) is 24.2 Å². The number of piperazine rings is 1. The summed E-state index contributed by atoms with van der Waals surface area (Å²) in [6, 6.07) is 7.50. The fourth-order valence-corrected chi connectivity index (χ4v) is 4.24.